The van der Waals surface area contributed by atoms with Crippen molar-refractivity contribution in [1.29, 1.82) is 5.26 Å². The Morgan fingerprint density at radius 1 is 1.75 bits per heavy atom. The van der Waals surface area contributed by atoms with Crippen molar-refractivity contribution in [2.24, 2.45) is 11.8 Å². The number of nitriles is 1. The molecule has 2 atom stereocenters. The Morgan fingerprint density at radius 2 is 2.58 bits per heavy atom. The highest BCUT2D eigenvalue weighted by Crippen LogP contribution is 2.22. The quantitative estimate of drug-likeness (QED) is 0.719. The number of nitrogens with one attached hydrogen (secondary N) is 1. The summed E-state index contributed by atoms with van der Waals surface area (Å²) in [4.78, 5) is 0. The van der Waals surface area contributed by atoms with Crippen LogP contribution in [0.25, 0.3) is 0 Å². The van der Waals surface area contributed by atoms with Gasteiger partial charge >= 0.3 is 0 Å². The molecule has 2 unspecified atom stereocenters. The lowest BCUT2D eigenvalue weighted by Gasteiger charge is -2.10. The van der Waals surface area contributed by atoms with E-state index in [0.29, 0.717) is 0 Å². The van der Waals surface area contributed by atoms with Gasteiger partial charge in [0.1, 0.15) is 0 Å². The Morgan fingerprint density at radius 3 is 3.17 bits per heavy atom. The predicted molar refractivity (Wildman–Crippen MR) is 53.1 cm³/mol. The highest BCUT2D eigenvalue weighted by molar-refractivity contribution is 7.99. The van der Waals surface area contributed by atoms with E-state index >= 15 is 0 Å². The van der Waals surface area contributed by atoms with Crippen molar-refractivity contribution in [3.05, 3.63) is 0 Å². The van der Waals surface area contributed by atoms with Gasteiger partial charge in [-0.1, -0.05) is 0 Å². The molecular weight excluding hydrogens is 168 g/mol. The molecule has 0 saturated carbocycles. The lowest BCUT2D eigenvalue weighted by Crippen LogP contribution is -2.26. The molecule has 0 aliphatic carbocycles. The van der Waals surface area contributed by atoms with E-state index in [2.05, 4.69) is 11.4 Å². The van der Waals surface area contributed by atoms with Crippen LogP contribution in [0.15, 0.2) is 0 Å². The molecule has 0 aromatic rings. The van der Waals surface area contributed by atoms with E-state index in [4.69, 9.17) is 5.26 Å². The summed E-state index contributed by atoms with van der Waals surface area (Å²) in [5, 5.41) is 11.9. The van der Waals surface area contributed by atoms with Gasteiger partial charge in [0.2, 0.25) is 0 Å². The molecule has 0 spiro atoms. The smallest absolute Gasteiger partial charge is 0.0666 e. The van der Waals surface area contributed by atoms with E-state index in [1.807, 2.05) is 18.7 Å². The number of nitrogens with zero attached hydrogens (tertiary/aromatic N) is 1. The SMILES string of the molecule is CC(C#N)CNCC1CCSC1. The molecule has 1 fully saturated rings. The Kier molecular flexibility index (Phi) is 4.49. The van der Waals surface area contributed by atoms with Crippen molar-refractivity contribution in [2.45, 2.75) is 13.3 Å². The van der Waals surface area contributed by atoms with Gasteiger partial charge in [0.15, 0.2) is 0 Å². The molecule has 1 aliphatic heterocycles. The first-order valence-corrected chi connectivity index (χ1v) is 5.66. The highest BCUT2D eigenvalue weighted by Gasteiger charge is 2.14. The standard InChI is InChI=1S/C9H16N2S/c1-8(4-10)5-11-6-9-2-3-12-7-9/h8-9,11H,2-3,5-7H2,1H3. The lowest BCUT2D eigenvalue weighted by atomic mass is 10.1. The average Bonchev–Trinajstić information content (AvgIpc) is 2.57. The molecule has 0 bridgehead atoms. The maximum absolute atomic E-state index is 8.53. The molecule has 1 heterocycles. The molecule has 1 N–H and O–H groups in total. The monoisotopic (exact) mass is 184 g/mol. The highest BCUT2D eigenvalue weighted by atomic mass is 32.2. The zero-order valence-corrected chi connectivity index (χ0v) is 8.36. The van der Waals surface area contributed by atoms with Gasteiger partial charge in [-0.15, -0.1) is 0 Å². The predicted octanol–water partition coefficient (Wildman–Crippen LogP) is 1.49. The first-order chi connectivity index (χ1) is 5.83. The number of rotatable bonds is 4. The van der Waals surface area contributed by atoms with Crippen LogP contribution in [-0.4, -0.2) is 24.6 Å². The topological polar surface area (TPSA) is 35.8 Å². The van der Waals surface area contributed by atoms with Gasteiger partial charge in [0.05, 0.1) is 12.0 Å². The maximum Gasteiger partial charge on any atom is 0.0666 e. The van der Waals surface area contributed by atoms with Crippen molar-refractivity contribution in [1.82, 2.24) is 5.32 Å². The van der Waals surface area contributed by atoms with Crippen LogP contribution >= 0.6 is 11.8 Å². The molecule has 1 aliphatic rings. The molecule has 0 amide bonds. The Labute approximate surface area is 78.7 Å². The Hall–Kier alpha value is -0.200. The second-order valence-electron chi connectivity index (χ2n) is 3.42. The van der Waals surface area contributed by atoms with Crippen LogP contribution in [0.2, 0.25) is 0 Å². The van der Waals surface area contributed by atoms with Gasteiger partial charge in [0, 0.05) is 6.54 Å². The Bertz CT molecular complexity index is 158. The third-order valence-electron chi connectivity index (χ3n) is 2.13. The molecule has 2 nitrogen and oxygen atoms in total. The fraction of sp³-hybridized carbons (Fsp3) is 0.889. The number of hydrogen-bond acceptors (Lipinski definition) is 3. The third kappa shape index (κ3) is 3.46. The average molecular weight is 184 g/mol. The minimum absolute atomic E-state index is 0.152. The summed E-state index contributed by atoms with van der Waals surface area (Å²) >= 11 is 2.04. The summed E-state index contributed by atoms with van der Waals surface area (Å²) in [6.07, 6.45) is 1.35. The molecule has 3 heteroatoms. The van der Waals surface area contributed by atoms with Crippen molar-refractivity contribution >= 4 is 11.8 Å². The fourth-order valence-electron chi connectivity index (χ4n) is 1.29. The molecule has 12 heavy (non-hydrogen) atoms. The third-order valence-corrected chi connectivity index (χ3v) is 3.36. The largest absolute Gasteiger partial charge is 0.315 e. The van der Waals surface area contributed by atoms with Gasteiger partial charge in [-0.05, 0) is 37.3 Å². The molecule has 68 valence electrons. The molecule has 1 saturated heterocycles. The summed E-state index contributed by atoms with van der Waals surface area (Å²) in [5.74, 6) is 3.62. The minimum Gasteiger partial charge on any atom is -0.315 e. The summed E-state index contributed by atoms with van der Waals surface area (Å²) < 4.78 is 0. The Balaban J connectivity index is 1.98. The first kappa shape index (κ1) is 9.88. The van der Waals surface area contributed by atoms with Crippen molar-refractivity contribution in [3.8, 4) is 6.07 Å². The van der Waals surface area contributed by atoms with Gasteiger partial charge < -0.3 is 5.32 Å². The summed E-state index contributed by atoms with van der Waals surface area (Å²) in [6, 6.07) is 2.22. The van der Waals surface area contributed by atoms with Crippen LogP contribution in [-0.2, 0) is 0 Å². The molecule has 0 aromatic carbocycles. The molecular formula is C9H16N2S. The summed E-state index contributed by atoms with van der Waals surface area (Å²) in [5.41, 5.74) is 0. The zero-order valence-electron chi connectivity index (χ0n) is 7.55. The van der Waals surface area contributed by atoms with E-state index in [9.17, 15) is 0 Å². The summed E-state index contributed by atoms with van der Waals surface area (Å²) in [7, 11) is 0. The van der Waals surface area contributed by atoms with E-state index in [1.54, 1.807) is 0 Å². The van der Waals surface area contributed by atoms with Crippen LogP contribution < -0.4 is 5.32 Å². The second-order valence-corrected chi connectivity index (χ2v) is 4.57. The van der Waals surface area contributed by atoms with Crippen LogP contribution in [0.5, 0.6) is 0 Å². The fourth-order valence-corrected chi connectivity index (χ4v) is 2.58. The normalized spacial score (nSPS) is 25.2. The van der Waals surface area contributed by atoms with E-state index in [0.717, 1.165) is 19.0 Å². The summed E-state index contributed by atoms with van der Waals surface area (Å²) in [6.45, 7) is 3.90. The van der Waals surface area contributed by atoms with E-state index in [1.165, 1.54) is 17.9 Å². The molecule has 0 aromatic heterocycles. The van der Waals surface area contributed by atoms with Crippen molar-refractivity contribution < 1.29 is 0 Å². The maximum atomic E-state index is 8.53. The van der Waals surface area contributed by atoms with Gasteiger partial charge in [-0.3, -0.25) is 0 Å². The van der Waals surface area contributed by atoms with Crippen molar-refractivity contribution in [2.75, 3.05) is 24.6 Å². The molecule has 0 radical (unpaired) electrons. The minimum atomic E-state index is 0.152. The molecule has 1 rings (SSSR count). The van der Waals surface area contributed by atoms with E-state index < -0.39 is 0 Å². The van der Waals surface area contributed by atoms with Crippen LogP contribution in [0.1, 0.15) is 13.3 Å². The van der Waals surface area contributed by atoms with Crippen LogP contribution in [0.4, 0.5) is 0 Å². The number of thioether (sulfide) groups is 1. The van der Waals surface area contributed by atoms with Crippen LogP contribution in [0, 0.1) is 23.2 Å². The van der Waals surface area contributed by atoms with E-state index in [-0.39, 0.29) is 5.92 Å². The van der Waals surface area contributed by atoms with Gasteiger partial charge in [-0.2, -0.15) is 17.0 Å². The van der Waals surface area contributed by atoms with Crippen LogP contribution in [0.3, 0.4) is 0 Å². The first-order valence-electron chi connectivity index (χ1n) is 4.51. The second kappa shape index (κ2) is 5.45. The van der Waals surface area contributed by atoms with Gasteiger partial charge in [0.25, 0.3) is 0 Å². The lowest BCUT2D eigenvalue weighted by molar-refractivity contribution is 0.501. The zero-order chi connectivity index (χ0) is 8.81. The number of hydrogen-bond donors (Lipinski definition) is 1. The van der Waals surface area contributed by atoms with Crippen molar-refractivity contribution in [3.63, 3.8) is 0 Å². The van der Waals surface area contributed by atoms with Gasteiger partial charge in [-0.25, -0.2) is 0 Å².